The van der Waals surface area contributed by atoms with E-state index in [0.29, 0.717) is 10.5 Å². The van der Waals surface area contributed by atoms with E-state index in [-0.39, 0.29) is 44.9 Å². The van der Waals surface area contributed by atoms with Crippen molar-refractivity contribution in [2.24, 2.45) is 5.92 Å². The van der Waals surface area contributed by atoms with Crippen molar-refractivity contribution in [3.05, 3.63) is 99.6 Å². The van der Waals surface area contributed by atoms with Crippen LogP contribution in [0, 0.1) is 16.0 Å². The van der Waals surface area contributed by atoms with E-state index in [2.05, 4.69) is 17.4 Å². The molecule has 168 valence electrons. The summed E-state index contributed by atoms with van der Waals surface area (Å²) in [6.07, 6.45) is 0.811. The lowest BCUT2D eigenvalue weighted by molar-refractivity contribution is -0.387. The van der Waals surface area contributed by atoms with Gasteiger partial charge in [0.05, 0.1) is 21.2 Å². The van der Waals surface area contributed by atoms with Crippen molar-refractivity contribution < 1.29 is 9.72 Å². The molecule has 1 aliphatic heterocycles. The fourth-order valence-corrected chi connectivity index (χ4v) is 7.14. The smallest absolute Gasteiger partial charge is 0.282 e. The van der Waals surface area contributed by atoms with E-state index in [1.165, 1.54) is 23.4 Å². The van der Waals surface area contributed by atoms with Crippen LogP contribution < -0.4 is 5.32 Å². The van der Waals surface area contributed by atoms with Gasteiger partial charge in [-0.2, -0.15) is 0 Å². The number of nitro benzene ring substituents is 1. The second kappa shape index (κ2) is 8.84. The molecule has 5 nitrogen and oxygen atoms in total. The zero-order chi connectivity index (χ0) is 23.1. The molecular formula is C26H23ClN2O3S. The van der Waals surface area contributed by atoms with E-state index < -0.39 is 0 Å². The number of ketones is 1. The maximum Gasteiger partial charge on any atom is 0.282 e. The van der Waals surface area contributed by atoms with Crippen molar-refractivity contribution in [2.45, 2.75) is 40.8 Å². The molecule has 7 heteroatoms. The molecule has 1 N–H and O–H groups in total. The van der Waals surface area contributed by atoms with Gasteiger partial charge in [0.2, 0.25) is 0 Å². The Morgan fingerprint density at radius 1 is 1.09 bits per heavy atom. The number of halogens is 1. The second-order valence-electron chi connectivity index (χ2n) is 8.64. The first-order valence-electron chi connectivity index (χ1n) is 10.9. The Kier molecular flexibility index (Phi) is 5.89. The van der Waals surface area contributed by atoms with Crippen molar-refractivity contribution in [3.8, 4) is 0 Å². The molecule has 0 aromatic heterocycles. The fraction of sp³-hybridized carbons (Fsp3) is 0.269. The van der Waals surface area contributed by atoms with Gasteiger partial charge in [0.25, 0.3) is 5.69 Å². The fourth-order valence-electron chi connectivity index (χ4n) is 5.20. The molecule has 3 aromatic carbocycles. The number of thioether (sulfide) groups is 1. The number of nitrogens with one attached hydrogen (secondary N) is 1. The summed E-state index contributed by atoms with van der Waals surface area (Å²) >= 11 is 8.64. The number of hydrogen-bond donors (Lipinski definition) is 1. The third kappa shape index (κ3) is 4.02. The van der Waals surface area contributed by atoms with Crippen molar-refractivity contribution in [1.82, 2.24) is 0 Å². The number of nitro groups is 1. The van der Waals surface area contributed by atoms with Gasteiger partial charge in [-0.25, -0.2) is 0 Å². The van der Waals surface area contributed by atoms with Gasteiger partial charge < -0.3 is 5.32 Å². The number of benzene rings is 3. The number of carbonyl (C=O) groups excluding carboxylic acids is 1. The standard InChI is InChI=1S/C26H23ClN2O3S/c1-15(30)17-11-12-20-18(13-17)24-19(26(28-20)16-7-3-2-4-8-16)14-23(25(24)27)33-22-10-6-5-9-21(22)29(31)32/h2-13,19,23-26,28H,14H2,1H3/t19-,23-,24+,25-,26-/m0/s1. The Balaban J connectivity index is 1.55. The zero-order valence-electron chi connectivity index (χ0n) is 18.0. The molecule has 1 heterocycles. The number of Topliss-reactive ketones (excluding diaryl/α,β-unsaturated/α-hetero) is 1. The number of rotatable bonds is 5. The summed E-state index contributed by atoms with van der Waals surface area (Å²) < 4.78 is 0. The molecule has 0 radical (unpaired) electrons. The summed E-state index contributed by atoms with van der Waals surface area (Å²) in [4.78, 5) is 23.9. The highest BCUT2D eigenvalue weighted by Crippen LogP contribution is 2.58. The normalized spacial score (nSPS) is 25.6. The van der Waals surface area contributed by atoms with Gasteiger partial charge in [-0.15, -0.1) is 23.4 Å². The van der Waals surface area contributed by atoms with Crippen molar-refractivity contribution in [1.29, 1.82) is 0 Å². The lowest BCUT2D eigenvalue weighted by Crippen LogP contribution is -2.31. The summed E-state index contributed by atoms with van der Waals surface area (Å²) in [5.41, 5.74) is 4.03. The van der Waals surface area contributed by atoms with Crippen molar-refractivity contribution >= 4 is 40.5 Å². The third-order valence-corrected chi connectivity index (χ3v) is 8.83. The SMILES string of the molecule is CC(=O)c1ccc2c(c1)[C@H]1[C@@H](Cl)[C@@H](Sc3ccccc3[N+](=O)[O-])C[C@@H]1[C@H](c1ccccc1)N2. The number of alkyl halides is 1. The molecule has 2 aliphatic rings. The highest BCUT2D eigenvalue weighted by atomic mass is 35.5. The van der Waals surface area contributed by atoms with Crippen LogP contribution in [0.1, 0.15) is 46.8 Å². The molecule has 1 fully saturated rings. The Hall–Kier alpha value is -2.83. The minimum absolute atomic E-state index is 0.00251. The van der Waals surface area contributed by atoms with Crippen LogP contribution in [-0.4, -0.2) is 21.3 Å². The van der Waals surface area contributed by atoms with E-state index in [1.807, 2.05) is 42.5 Å². The van der Waals surface area contributed by atoms with E-state index in [1.54, 1.807) is 19.1 Å². The summed E-state index contributed by atoms with van der Waals surface area (Å²) in [6, 6.07) is 23.0. The first-order valence-corrected chi connectivity index (χ1v) is 12.3. The monoisotopic (exact) mass is 478 g/mol. The summed E-state index contributed by atoms with van der Waals surface area (Å²) in [7, 11) is 0. The number of anilines is 1. The predicted molar refractivity (Wildman–Crippen MR) is 132 cm³/mol. The molecule has 33 heavy (non-hydrogen) atoms. The van der Waals surface area contributed by atoms with Crippen LogP contribution in [0.2, 0.25) is 0 Å². The van der Waals surface area contributed by atoms with Gasteiger partial charge in [-0.05, 0) is 54.7 Å². The summed E-state index contributed by atoms with van der Waals surface area (Å²) in [6.45, 7) is 1.57. The predicted octanol–water partition coefficient (Wildman–Crippen LogP) is 6.84. The van der Waals surface area contributed by atoms with Gasteiger partial charge in [0.1, 0.15) is 0 Å². The maximum absolute atomic E-state index is 12.1. The van der Waals surface area contributed by atoms with Gasteiger partial charge in [0.15, 0.2) is 5.78 Å². The van der Waals surface area contributed by atoms with Crippen LogP contribution >= 0.6 is 23.4 Å². The molecule has 5 atom stereocenters. The number of fused-ring (bicyclic) bond motifs is 3. The van der Waals surface area contributed by atoms with Gasteiger partial charge in [-0.1, -0.05) is 42.5 Å². The minimum Gasteiger partial charge on any atom is -0.378 e. The molecular weight excluding hydrogens is 456 g/mol. The topological polar surface area (TPSA) is 72.2 Å². The van der Waals surface area contributed by atoms with E-state index in [4.69, 9.17) is 11.6 Å². The van der Waals surface area contributed by atoms with Gasteiger partial charge >= 0.3 is 0 Å². The number of hydrogen-bond acceptors (Lipinski definition) is 5. The van der Waals surface area contributed by atoms with Crippen molar-refractivity contribution in [3.63, 3.8) is 0 Å². The molecule has 1 saturated carbocycles. The summed E-state index contributed by atoms with van der Waals surface area (Å²) in [5.74, 6) is 0.257. The Morgan fingerprint density at radius 2 is 1.82 bits per heavy atom. The number of para-hydroxylation sites is 1. The van der Waals surface area contributed by atoms with E-state index >= 15 is 0 Å². The largest absolute Gasteiger partial charge is 0.378 e. The maximum atomic E-state index is 12.1. The van der Waals surface area contributed by atoms with Crippen LogP contribution in [0.15, 0.2) is 77.7 Å². The molecule has 1 aliphatic carbocycles. The molecule has 3 aromatic rings. The van der Waals surface area contributed by atoms with Crippen LogP contribution in [0.3, 0.4) is 0 Å². The molecule has 0 saturated heterocycles. The summed E-state index contributed by atoms with van der Waals surface area (Å²) in [5, 5.41) is 15.0. The second-order valence-corrected chi connectivity index (χ2v) is 10.4. The Labute approximate surface area is 201 Å². The average Bonchev–Trinajstić information content (AvgIpc) is 3.15. The average molecular weight is 479 g/mol. The molecule has 0 spiro atoms. The lowest BCUT2D eigenvalue weighted by atomic mass is 9.76. The van der Waals surface area contributed by atoms with Crippen LogP contribution in [-0.2, 0) is 0 Å². The van der Waals surface area contributed by atoms with Crippen LogP contribution in [0.4, 0.5) is 11.4 Å². The third-order valence-electron chi connectivity index (χ3n) is 6.72. The quantitative estimate of drug-likeness (QED) is 0.188. The van der Waals surface area contributed by atoms with Crippen molar-refractivity contribution in [2.75, 3.05) is 5.32 Å². The minimum atomic E-state index is -0.337. The highest BCUT2D eigenvalue weighted by Gasteiger charge is 2.50. The lowest BCUT2D eigenvalue weighted by Gasteiger charge is -2.38. The molecule has 5 rings (SSSR count). The van der Waals surface area contributed by atoms with Gasteiger partial charge in [0, 0.05) is 28.5 Å². The molecule has 0 amide bonds. The first-order chi connectivity index (χ1) is 15.9. The van der Waals surface area contributed by atoms with E-state index in [0.717, 1.165) is 17.7 Å². The highest BCUT2D eigenvalue weighted by molar-refractivity contribution is 8.00. The van der Waals surface area contributed by atoms with Crippen LogP contribution in [0.5, 0.6) is 0 Å². The van der Waals surface area contributed by atoms with Gasteiger partial charge in [-0.3, -0.25) is 14.9 Å². The first kappa shape index (κ1) is 22.0. The van der Waals surface area contributed by atoms with Crippen LogP contribution in [0.25, 0.3) is 0 Å². The molecule has 0 bridgehead atoms. The zero-order valence-corrected chi connectivity index (χ0v) is 19.6. The number of nitrogens with zero attached hydrogens (tertiary/aromatic N) is 1. The Morgan fingerprint density at radius 3 is 2.55 bits per heavy atom. The number of carbonyl (C=O) groups is 1. The Bertz CT molecular complexity index is 1220. The van der Waals surface area contributed by atoms with E-state index in [9.17, 15) is 14.9 Å². The molecule has 0 unspecified atom stereocenters.